The molecule has 1 saturated heterocycles. The number of hydrogen-bond donors (Lipinski definition) is 1. The molecule has 2 aliphatic rings. The third-order valence-electron chi connectivity index (χ3n) is 3.99. The average Bonchev–Trinajstić information content (AvgIpc) is 2.85. The van der Waals surface area contributed by atoms with Crippen LogP contribution in [-0.4, -0.2) is 34.7 Å². The predicted octanol–water partition coefficient (Wildman–Crippen LogP) is 1.89. The lowest BCUT2D eigenvalue weighted by Crippen LogP contribution is -2.31. The van der Waals surface area contributed by atoms with Crippen LogP contribution in [0.1, 0.15) is 65.9 Å². The maximum atomic E-state index is 12.4. The number of carbonyl (C=O) groups is 4. The van der Waals surface area contributed by atoms with Crippen LogP contribution >= 0.6 is 0 Å². The van der Waals surface area contributed by atoms with Gasteiger partial charge in [0.2, 0.25) is 0 Å². The Morgan fingerprint density at radius 3 is 2.77 bits per heavy atom. The molecule has 0 radical (unpaired) electrons. The second-order valence-corrected chi connectivity index (χ2v) is 5.47. The molecule has 1 saturated carbocycles. The molecule has 1 aliphatic heterocycles. The van der Waals surface area contributed by atoms with Crippen LogP contribution < -0.4 is 0 Å². The molecule has 0 spiro atoms. The van der Waals surface area contributed by atoms with E-state index < -0.39 is 61.7 Å². The summed E-state index contributed by atoms with van der Waals surface area (Å²) < 4.78 is 51.5. The summed E-state index contributed by atoms with van der Waals surface area (Å²) in [4.78, 5) is 46.7. The minimum atomic E-state index is -3.39. The van der Waals surface area contributed by atoms with Gasteiger partial charge >= 0.3 is 11.9 Å². The van der Waals surface area contributed by atoms with Crippen molar-refractivity contribution in [3.8, 4) is 0 Å². The normalized spacial score (nSPS) is 33.4. The topological polar surface area (TPSA) is 97.7 Å². The Bertz CT molecular complexity index is 691. The summed E-state index contributed by atoms with van der Waals surface area (Å²) in [6.07, 6.45) is -11.6. The molecule has 6 heteroatoms. The van der Waals surface area contributed by atoms with Crippen molar-refractivity contribution >= 4 is 23.5 Å². The van der Waals surface area contributed by atoms with Gasteiger partial charge in [-0.25, -0.2) is 0 Å². The van der Waals surface area contributed by atoms with E-state index in [4.69, 9.17) is 18.1 Å². The lowest BCUT2D eigenvalue weighted by Gasteiger charge is -2.27. The number of ether oxygens (including phenoxy) is 1. The Morgan fingerprint density at radius 2 is 2.05 bits per heavy atom. The lowest BCUT2D eigenvalue weighted by molar-refractivity contribution is -0.157. The van der Waals surface area contributed by atoms with Crippen molar-refractivity contribution in [2.24, 2.45) is 11.8 Å². The van der Waals surface area contributed by atoms with Crippen molar-refractivity contribution in [1.82, 2.24) is 0 Å². The van der Waals surface area contributed by atoms with E-state index in [-0.39, 0.29) is 31.0 Å². The van der Waals surface area contributed by atoms with Gasteiger partial charge in [-0.05, 0) is 25.6 Å². The number of aliphatic carboxylic acids is 1. The number of rotatable bonds is 8. The molecule has 1 heterocycles. The van der Waals surface area contributed by atoms with Gasteiger partial charge in [-0.1, -0.05) is 0 Å². The summed E-state index contributed by atoms with van der Waals surface area (Å²) in [5.41, 5.74) is 0. The first-order valence-corrected chi connectivity index (χ1v) is 7.18. The summed E-state index contributed by atoms with van der Waals surface area (Å²) in [7, 11) is 0. The van der Waals surface area contributed by atoms with Crippen molar-refractivity contribution in [3.63, 3.8) is 0 Å². The Hall–Kier alpha value is -1.72. The van der Waals surface area contributed by atoms with Crippen LogP contribution in [0.3, 0.4) is 0 Å². The van der Waals surface area contributed by atoms with Gasteiger partial charge in [0.15, 0.2) is 0 Å². The third-order valence-corrected chi connectivity index (χ3v) is 3.99. The number of carbonyl (C=O) groups excluding carboxylic acids is 3. The standard InChI is InChI=1S/C16H22O6/c17-10(3-1-2-4-15(19)20)5-6-11-12-7-8-16(21)22-14(12)9-13(11)18/h11-12,14H,1-9H2,(H,19,20)/t11-,12-,14+/m1/s1/i1D2,2D2,3D2. The minimum absolute atomic E-state index is 0.0319. The first kappa shape index (κ1) is 10.1. The Labute approximate surface area is 137 Å². The van der Waals surface area contributed by atoms with Crippen molar-refractivity contribution < 1.29 is 37.2 Å². The highest BCUT2D eigenvalue weighted by molar-refractivity contribution is 5.86. The van der Waals surface area contributed by atoms with E-state index >= 15 is 0 Å². The molecular weight excluding hydrogens is 288 g/mol. The van der Waals surface area contributed by atoms with Crippen LogP contribution in [0.5, 0.6) is 0 Å². The highest BCUT2D eigenvalue weighted by Gasteiger charge is 2.46. The maximum Gasteiger partial charge on any atom is 0.306 e. The summed E-state index contributed by atoms with van der Waals surface area (Å²) in [5, 5.41) is 8.73. The van der Waals surface area contributed by atoms with Crippen molar-refractivity contribution in [1.29, 1.82) is 0 Å². The zero-order chi connectivity index (χ0) is 21.5. The Balaban J connectivity index is 2.08. The van der Waals surface area contributed by atoms with Gasteiger partial charge in [0, 0.05) is 52.1 Å². The van der Waals surface area contributed by atoms with Crippen LogP contribution in [0.25, 0.3) is 0 Å². The molecule has 3 atom stereocenters. The molecule has 0 unspecified atom stereocenters. The van der Waals surface area contributed by atoms with E-state index in [0.29, 0.717) is 6.42 Å². The number of ketones is 2. The second-order valence-electron chi connectivity index (χ2n) is 5.47. The van der Waals surface area contributed by atoms with Crippen LogP contribution in [0, 0.1) is 11.8 Å². The maximum absolute atomic E-state index is 12.4. The van der Waals surface area contributed by atoms with Gasteiger partial charge < -0.3 is 9.84 Å². The fourth-order valence-corrected chi connectivity index (χ4v) is 2.99. The fraction of sp³-hybridized carbons (Fsp3) is 0.750. The molecule has 0 aromatic rings. The lowest BCUT2D eigenvalue weighted by atomic mass is 9.85. The van der Waals surface area contributed by atoms with Crippen LogP contribution in [-0.2, 0) is 23.9 Å². The molecule has 22 heavy (non-hydrogen) atoms. The zero-order valence-corrected chi connectivity index (χ0v) is 12.0. The van der Waals surface area contributed by atoms with E-state index in [1.807, 2.05) is 0 Å². The molecule has 0 bridgehead atoms. The van der Waals surface area contributed by atoms with Crippen LogP contribution in [0.2, 0.25) is 0 Å². The SMILES string of the molecule is [2H]C([2H])(CC(=O)O)C([2H])([2H])C([2H])([2H])C(=O)CC[C@H]1C(=O)C[C@@H]2OC(=O)CC[C@@H]21. The molecule has 1 aliphatic carbocycles. The molecule has 0 aromatic carbocycles. The zero-order valence-electron chi connectivity index (χ0n) is 18.0. The third kappa shape index (κ3) is 4.39. The molecule has 2 rings (SSSR count). The number of fused-ring (bicyclic) bond motifs is 1. The quantitative estimate of drug-likeness (QED) is 0.687. The molecule has 1 N–H and O–H groups in total. The van der Waals surface area contributed by atoms with Crippen LogP contribution in [0.15, 0.2) is 0 Å². The van der Waals surface area contributed by atoms with E-state index in [0.717, 1.165) is 0 Å². The molecular formula is C16H22O6. The average molecular weight is 316 g/mol. The van der Waals surface area contributed by atoms with Gasteiger partial charge in [0.05, 0.1) is 0 Å². The van der Waals surface area contributed by atoms with E-state index in [1.54, 1.807) is 0 Å². The van der Waals surface area contributed by atoms with Gasteiger partial charge in [0.1, 0.15) is 17.7 Å². The van der Waals surface area contributed by atoms with Gasteiger partial charge in [-0.15, -0.1) is 0 Å². The summed E-state index contributed by atoms with van der Waals surface area (Å²) in [5.74, 6) is -4.38. The number of hydrogen-bond acceptors (Lipinski definition) is 5. The van der Waals surface area contributed by atoms with Gasteiger partial charge in [0.25, 0.3) is 0 Å². The Morgan fingerprint density at radius 1 is 1.27 bits per heavy atom. The number of esters is 1. The molecule has 122 valence electrons. The van der Waals surface area contributed by atoms with E-state index in [1.165, 1.54) is 0 Å². The largest absolute Gasteiger partial charge is 0.481 e. The summed E-state index contributed by atoms with van der Waals surface area (Å²) in [6.45, 7) is 0. The first-order valence-electron chi connectivity index (χ1n) is 10.2. The highest BCUT2D eigenvalue weighted by atomic mass is 16.5. The van der Waals surface area contributed by atoms with E-state index in [2.05, 4.69) is 0 Å². The fourth-order valence-electron chi connectivity index (χ4n) is 2.99. The second kappa shape index (κ2) is 7.51. The first-order chi connectivity index (χ1) is 12.7. The molecule has 6 nitrogen and oxygen atoms in total. The van der Waals surface area contributed by atoms with Crippen molar-refractivity contribution in [2.45, 2.75) is 63.7 Å². The summed E-state index contributed by atoms with van der Waals surface area (Å²) in [6, 6.07) is 0. The minimum Gasteiger partial charge on any atom is -0.481 e. The van der Waals surface area contributed by atoms with Crippen molar-refractivity contribution in [2.75, 3.05) is 0 Å². The number of Topliss-reactive ketones (excluding diaryl/α,β-unsaturated/α-hetero) is 2. The van der Waals surface area contributed by atoms with Gasteiger partial charge in [-0.3, -0.25) is 19.2 Å². The molecule has 0 aromatic heterocycles. The number of carboxylic acids is 1. The molecule has 0 amide bonds. The van der Waals surface area contributed by atoms with Crippen molar-refractivity contribution in [3.05, 3.63) is 0 Å². The Kier molecular flexibility index (Phi) is 3.46. The molecule has 2 fully saturated rings. The van der Waals surface area contributed by atoms with E-state index in [9.17, 15) is 19.2 Å². The van der Waals surface area contributed by atoms with Gasteiger partial charge in [-0.2, -0.15) is 0 Å². The number of carboxylic acid groups (broad SMARTS) is 1. The highest BCUT2D eigenvalue weighted by Crippen LogP contribution is 2.40. The smallest absolute Gasteiger partial charge is 0.306 e. The summed E-state index contributed by atoms with van der Waals surface area (Å²) >= 11 is 0. The van der Waals surface area contributed by atoms with Crippen LogP contribution in [0.4, 0.5) is 0 Å². The monoisotopic (exact) mass is 316 g/mol. The predicted molar refractivity (Wildman–Crippen MR) is 76.1 cm³/mol.